The lowest BCUT2D eigenvalue weighted by atomic mass is 9.91. The molecule has 0 nitrogen and oxygen atoms in total. The van der Waals surface area contributed by atoms with Gasteiger partial charge in [-0.15, -0.1) is 0 Å². The summed E-state index contributed by atoms with van der Waals surface area (Å²) in [4.78, 5) is 0. The lowest BCUT2D eigenvalue weighted by molar-refractivity contribution is 0.366. The predicted molar refractivity (Wildman–Crippen MR) is 68.9 cm³/mol. The third-order valence-corrected chi connectivity index (χ3v) is 4.72. The predicted octanol–water partition coefficient (Wildman–Crippen LogP) is 5.13. The zero-order chi connectivity index (χ0) is 11.4. The first-order chi connectivity index (χ1) is 7.06. The van der Waals surface area contributed by atoms with Crippen molar-refractivity contribution < 1.29 is 0 Å². The summed E-state index contributed by atoms with van der Waals surface area (Å²) in [6, 6.07) is 0. The molecular formula is C15H30. The van der Waals surface area contributed by atoms with Gasteiger partial charge < -0.3 is 0 Å². The third-order valence-electron chi connectivity index (χ3n) is 4.72. The van der Waals surface area contributed by atoms with E-state index in [0.717, 1.165) is 29.6 Å². The van der Waals surface area contributed by atoms with Crippen molar-refractivity contribution in [3.63, 3.8) is 0 Å². The second-order valence-corrected chi connectivity index (χ2v) is 6.20. The Balaban J connectivity index is 2.04. The average Bonchev–Trinajstić information content (AvgIpc) is 2.96. The van der Waals surface area contributed by atoms with Gasteiger partial charge in [0.25, 0.3) is 0 Å². The van der Waals surface area contributed by atoms with Crippen molar-refractivity contribution in [2.75, 3.05) is 0 Å². The Morgan fingerprint density at radius 3 is 2.33 bits per heavy atom. The lowest BCUT2D eigenvalue weighted by Gasteiger charge is -2.15. The molecule has 0 aromatic heterocycles. The van der Waals surface area contributed by atoms with Gasteiger partial charge in [-0.3, -0.25) is 0 Å². The highest BCUT2D eigenvalue weighted by Crippen LogP contribution is 2.48. The van der Waals surface area contributed by atoms with Crippen LogP contribution >= 0.6 is 0 Å². The first kappa shape index (κ1) is 13.1. The number of rotatable bonds is 7. The van der Waals surface area contributed by atoms with Crippen molar-refractivity contribution >= 4 is 0 Å². The highest BCUT2D eigenvalue weighted by atomic mass is 14.4. The molecule has 0 radical (unpaired) electrons. The minimum Gasteiger partial charge on any atom is -0.0651 e. The highest BCUT2D eigenvalue weighted by molar-refractivity contribution is 4.89. The molecule has 1 aliphatic carbocycles. The van der Waals surface area contributed by atoms with Gasteiger partial charge in [-0.1, -0.05) is 60.3 Å². The van der Waals surface area contributed by atoms with Crippen LogP contribution in [-0.2, 0) is 0 Å². The molecule has 0 heterocycles. The number of hydrogen-bond donors (Lipinski definition) is 0. The summed E-state index contributed by atoms with van der Waals surface area (Å²) >= 11 is 0. The van der Waals surface area contributed by atoms with Crippen LogP contribution in [0.25, 0.3) is 0 Å². The monoisotopic (exact) mass is 210 g/mol. The Labute approximate surface area is 96.8 Å². The standard InChI is InChI=1S/C15H30/c1-6-12(4)15-10-14(15)9-7-8-13(5)11(2)3/h11-15H,6-10H2,1-5H3. The quantitative estimate of drug-likeness (QED) is 0.546. The molecule has 0 aromatic rings. The van der Waals surface area contributed by atoms with Gasteiger partial charge in [-0.25, -0.2) is 0 Å². The van der Waals surface area contributed by atoms with Gasteiger partial charge >= 0.3 is 0 Å². The summed E-state index contributed by atoms with van der Waals surface area (Å²) < 4.78 is 0. The van der Waals surface area contributed by atoms with E-state index in [-0.39, 0.29) is 0 Å². The Hall–Kier alpha value is 0. The van der Waals surface area contributed by atoms with E-state index in [9.17, 15) is 0 Å². The van der Waals surface area contributed by atoms with Crippen LogP contribution in [0, 0.1) is 29.6 Å². The number of hydrogen-bond acceptors (Lipinski definition) is 0. The first-order valence-electron chi connectivity index (χ1n) is 7.06. The van der Waals surface area contributed by atoms with Crippen LogP contribution in [0.15, 0.2) is 0 Å². The molecule has 0 saturated heterocycles. The maximum atomic E-state index is 2.43. The summed E-state index contributed by atoms with van der Waals surface area (Å²) in [6.07, 6.45) is 7.33. The maximum absolute atomic E-state index is 2.43. The molecule has 0 N–H and O–H groups in total. The van der Waals surface area contributed by atoms with Gasteiger partial charge in [0.05, 0.1) is 0 Å². The summed E-state index contributed by atoms with van der Waals surface area (Å²) in [7, 11) is 0. The second kappa shape index (κ2) is 5.92. The van der Waals surface area contributed by atoms with Gasteiger partial charge in [-0.05, 0) is 36.0 Å². The second-order valence-electron chi connectivity index (χ2n) is 6.20. The van der Waals surface area contributed by atoms with E-state index >= 15 is 0 Å². The van der Waals surface area contributed by atoms with Gasteiger partial charge in [0.2, 0.25) is 0 Å². The minimum absolute atomic E-state index is 0.870. The Bertz CT molecular complexity index is 171. The smallest absolute Gasteiger partial charge is 0.0357 e. The molecule has 1 saturated carbocycles. The summed E-state index contributed by atoms with van der Waals surface area (Å²) in [6.45, 7) is 11.9. The summed E-state index contributed by atoms with van der Waals surface area (Å²) in [5, 5.41) is 0. The van der Waals surface area contributed by atoms with Crippen LogP contribution < -0.4 is 0 Å². The highest BCUT2D eigenvalue weighted by Gasteiger charge is 2.39. The molecule has 0 aliphatic heterocycles. The van der Waals surface area contributed by atoms with Crippen molar-refractivity contribution in [3.05, 3.63) is 0 Å². The fraction of sp³-hybridized carbons (Fsp3) is 1.00. The summed E-state index contributed by atoms with van der Waals surface area (Å²) in [5.41, 5.74) is 0. The van der Waals surface area contributed by atoms with Crippen LogP contribution in [0.4, 0.5) is 0 Å². The topological polar surface area (TPSA) is 0 Å². The van der Waals surface area contributed by atoms with E-state index in [1.54, 1.807) is 0 Å². The summed E-state index contributed by atoms with van der Waals surface area (Å²) in [5.74, 6) is 4.96. The van der Waals surface area contributed by atoms with Crippen molar-refractivity contribution in [1.82, 2.24) is 0 Å². The molecule has 0 bridgehead atoms. The molecular weight excluding hydrogens is 180 g/mol. The molecule has 0 heteroatoms. The molecule has 0 spiro atoms. The first-order valence-corrected chi connectivity index (χ1v) is 7.06. The molecule has 0 aromatic carbocycles. The third kappa shape index (κ3) is 4.17. The largest absolute Gasteiger partial charge is 0.0651 e. The Morgan fingerprint density at radius 1 is 1.13 bits per heavy atom. The molecule has 0 amide bonds. The van der Waals surface area contributed by atoms with Crippen molar-refractivity contribution in [2.24, 2.45) is 29.6 Å². The molecule has 4 atom stereocenters. The fourth-order valence-electron chi connectivity index (χ4n) is 2.64. The lowest BCUT2D eigenvalue weighted by Crippen LogP contribution is -2.04. The van der Waals surface area contributed by atoms with Crippen LogP contribution in [-0.4, -0.2) is 0 Å². The molecule has 1 fully saturated rings. The Kier molecular flexibility index (Phi) is 5.15. The van der Waals surface area contributed by atoms with Crippen molar-refractivity contribution in [2.45, 2.75) is 66.7 Å². The molecule has 1 aliphatic rings. The van der Waals surface area contributed by atoms with Crippen LogP contribution in [0.2, 0.25) is 0 Å². The van der Waals surface area contributed by atoms with E-state index < -0.39 is 0 Å². The average molecular weight is 210 g/mol. The normalized spacial score (nSPS) is 29.2. The zero-order valence-electron chi connectivity index (χ0n) is 11.4. The minimum atomic E-state index is 0.870. The zero-order valence-corrected chi connectivity index (χ0v) is 11.4. The van der Waals surface area contributed by atoms with Gasteiger partial charge in [0.15, 0.2) is 0 Å². The maximum Gasteiger partial charge on any atom is -0.0357 e. The van der Waals surface area contributed by atoms with E-state index in [2.05, 4.69) is 34.6 Å². The van der Waals surface area contributed by atoms with E-state index in [0.29, 0.717) is 0 Å². The van der Waals surface area contributed by atoms with Crippen molar-refractivity contribution in [1.29, 1.82) is 0 Å². The van der Waals surface area contributed by atoms with E-state index in [4.69, 9.17) is 0 Å². The fourth-order valence-corrected chi connectivity index (χ4v) is 2.64. The molecule has 15 heavy (non-hydrogen) atoms. The van der Waals surface area contributed by atoms with Gasteiger partial charge in [-0.2, -0.15) is 0 Å². The van der Waals surface area contributed by atoms with Crippen molar-refractivity contribution in [3.8, 4) is 0 Å². The Morgan fingerprint density at radius 2 is 1.80 bits per heavy atom. The molecule has 90 valence electrons. The van der Waals surface area contributed by atoms with E-state index in [1.807, 2.05) is 0 Å². The van der Waals surface area contributed by atoms with Gasteiger partial charge in [0, 0.05) is 0 Å². The molecule has 1 rings (SSSR count). The van der Waals surface area contributed by atoms with Crippen LogP contribution in [0.3, 0.4) is 0 Å². The van der Waals surface area contributed by atoms with Gasteiger partial charge in [0.1, 0.15) is 0 Å². The van der Waals surface area contributed by atoms with Crippen LogP contribution in [0.5, 0.6) is 0 Å². The SMILES string of the molecule is CCC(C)C1CC1CCCC(C)C(C)C. The van der Waals surface area contributed by atoms with E-state index in [1.165, 1.54) is 32.1 Å². The van der Waals surface area contributed by atoms with Crippen LogP contribution in [0.1, 0.15) is 66.7 Å². The molecule has 4 unspecified atom stereocenters.